The number of carbonyl (C=O) groups is 1. The van der Waals surface area contributed by atoms with Crippen molar-refractivity contribution >= 4 is 23.0 Å². The maximum Gasteiger partial charge on any atom is 0.350 e. The number of hydrogen-bond donors (Lipinski definition) is 1. The van der Waals surface area contributed by atoms with E-state index in [1.54, 1.807) is 0 Å². The third kappa shape index (κ3) is 2.38. The highest BCUT2D eigenvalue weighted by Gasteiger charge is 2.15. The van der Waals surface area contributed by atoms with Crippen LogP contribution in [0, 0.1) is 0 Å². The molecule has 0 amide bonds. The maximum absolute atomic E-state index is 11.5. The zero-order valence-corrected chi connectivity index (χ0v) is 11.2. The summed E-state index contributed by atoms with van der Waals surface area (Å²) >= 11 is 1.36. The number of nitrogens with two attached hydrogens (primary N) is 1. The summed E-state index contributed by atoms with van der Waals surface area (Å²) in [6.45, 7) is 2.11. The van der Waals surface area contributed by atoms with Gasteiger partial charge in [-0.2, -0.15) is 0 Å². The van der Waals surface area contributed by atoms with Crippen LogP contribution in [0.5, 0.6) is 0 Å². The lowest BCUT2D eigenvalue weighted by molar-refractivity contribution is 0.0607. The van der Waals surface area contributed by atoms with Crippen LogP contribution in [0.3, 0.4) is 0 Å². The van der Waals surface area contributed by atoms with Crippen LogP contribution < -0.4 is 5.73 Å². The second-order valence-corrected chi connectivity index (χ2v) is 4.99. The lowest BCUT2D eigenvalue weighted by Gasteiger charge is -2.00. The van der Waals surface area contributed by atoms with Gasteiger partial charge in [0.05, 0.1) is 12.8 Å². The van der Waals surface area contributed by atoms with Crippen LogP contribution in [-0.2, 0) is 11.2 Å². The number of aryl methyl sites for hydroxylation is 1. The lowest BCUT2D eigenvalue weighted by Crippen LogP contribution is -2.00. The van der Waals surface area contributed by atoms with Crippen LogP contribution in [0.4, 0.5) is 5.69 Å². The molecule has 18 heavy (non-hydrogen) atoms. The van der Waals surface area contributed by atoms with E-state index < -0.39 is 0 Å². The zero-order chi connectivity index (χ0) is 13.1. The quantitative estimate of drug-likeness (QED) is 0.862. The molecule has 0 bridgehead atoms. The smallest absolute Gasteiger partial charge is 0.350 e. The average molecular weight is 261 g/mol. The number of methoxy groups -OCH3 is 1. The number of carbonyl (C=O) groups excluding carboxylic acids is 1. The summed E-state index contributed by atoms with van der Waals surface area (Å²) in [6, 6.07) is 10.1. The molecule has 2 N–H and O–H groups in total. The number of hydrogen-bond acceptors (Lipinski definition) is 4. The van der Waals surface area contributed by atoms with E-state index in [9.17, 15) is 4.79 Å². The van der Waals surface area contributed by atoms with E-state index in [0.717, 1.165) is 16.9 Å². The van der Waals surface area contributed by atoms with Gasteiger partial charge in [0.2, 0.25) is 0 Å². The van der Waals surface area contributed by atoms with Crippen molar-refractivity contribution in [3.63, 3.8) is 0 Å². The monoisotopic (exact) mass is 261 g/mol. The molecule has 1 aromatic carbocycles. The van der Waals surface area contributed by atoms with Crippen LogP contribution in [0.15, 0.2) is 30.3 Å². The fourth-order valence-electron chi connectivity index (χ4n) is 1.74. The molecule has 0 saturated heterocycles. The van der Waals surface area contributed by atoms with E-state index in [1.165, 1.54) is 24.0 Å². The molecule has 0 aliphatic heterocycles. The third-order valence-corrected chi connectivity index (χ3v) is 3.93. The molecule has 2 rings (SSSR count). The molecule has 0 unspecified atom stereocenters. The van der Waals surface area contributed by atoms with Gasteiger partial charge in [0.1, 0.15) is 4.88 Å². The number of benzene rings is 1. The molecule has 1 aromatic heterocycles. The first-order chi connectivity index (χ1) is 8.65. The van der Waals surface area contributed by atoms with E-state index in [1.807, 2.05) is 18.2 Å². The van der Waals surface area contributed by atoms with Crippen molar-refractivity contribution in [1.82, 2.24) is 0 Å². The Morgan fingerprint density at radius 1 is 1.39 bits per heavy atom. The van der Waals surface area contributed by atoms with Gasteiger partial charge in [-0.3, -0.25) is 0 Å². The highest BCUT2D eigenvalue weighted by atomic mass is 32.1. The van der Waals surface area contributed by atoms with Gasteiger partial charge < -0.3 is 10.5 Å². The lowest BCUT2D eigenvalue weighted by atomic mass is 10.1. The highest BCUT2D eigenvalue weighted by Crippen LogP contribution is 2.33. The summed E-state index contributed by atoms with van der Waals surface area (Å²) in [6.07, 6.45) is 0.985. The van der Waals surface area contributed by atoms with E-state index in [0.29, 0.717) is 10.6 Å². The minimum Gasteiger partial charge on any atom is -0.465 e. The topological polar surface area (TPSA) is 52.3 Å². The van der Waals surface area contributed by atoms with E-state index in [-0.39, 0.29) is 5.97 Å². The number of nitrogen functional groups attached to an aromatic ring is 1. The number of ether oxygens (including phenoxy) is 1. The van der Waals surface area contributed by atoms with Crippen LogP contribution in [0.1, 0.15) is 22.2 Å². The summed E-state index contributed by atoms with van der Waals surface area (Å²) in [4.78, 5) is 13.0. The van der Waals surface area contributed by atoms with Gasteiger partial charge >= 0.3 is 5.97 Å². The van der Waals surface area contributed by atoms with Crippen LogP contribution in [-0.4, -0.2) is 13.1 Å². The zero-order valence-electron chi connectivity index (χ0n) is 10.4. The largest absolute Gasteiger partial charge is 0.465 e. The first-order valence-electron chi connectivity index (χ1n) is 5.72. The van der Waals surface area contributed by atoms with E-state index in [4.69, 9.17) is 10.5 Å². The number of thiophene rings is 1. The number of esters is 1. The van der Waals surface area contributed by atoms with Gasteiger partial charge in [-0.25, -0.2) is 4.79 Å². The molecule has 3 nitrogen and oxygen atoms in total. The Labute approximate surface area is 110 Å². The Kier molecular flexibility index (Phi) is 3.67. The normalized spacial score (nSPS) is 10.3. The first-order valence-corrected chi connectivity index (χ1v) is 6.54. The van der Waals surface area contributed by atoms with Gasteiger partial charge in [0.15, 0.2) is 0 Å². The highest BCUT2D eigenvalue weighted by molar-refractivity contribution is 7.18. The maximum atomic E-state index is 11.5. The second-order valence-electron chi connectivity index (χ2n) is 3.94. The van der Waals surface area contributed by atoms with E-state index in [2.05, 4.69) is 19.1 Å². The molecule has 0 aliphatic carbocycles. The van der Waals surface area contributed by atoms with Crippen molar-refractivity contribution in [2.24, 2.45) is 0 Å². The Morgan fingerprint density at radius 2 is 2.17 bits per heavy atom. The summed E-state index contributed by atoms with van der Waals surface area (Å²) < 4.78 is 4.70. The standard InChI is InChI=1S/C14H15NO2S/c1-3-9-5-4-6-10(7-9)12-8-11(15)13(18-12)14(16)17-2/h4-8H,3,15H2,1-2H3. The third-order valence-electron chi connectivity index (χ3n) is 2.75. The second kappa shape index (κ2) is 5.23. The molecule has 94 valence electrons. The predicted octanol–water partition coefficient (Wildman–Crippen LogP) is 3.35. The van der Waals surface area contributed by atoms with Gasteiger partial charge in [-0.15, -0.1) is 11.3 Å². The van der Waals surface area contributed by atoms with Crippen LogP contribution in [0.25, 0.3) is 10.4 Å². The molecule has 1 heterocycles. The first kappa shape index (κ1) is 12.6. The summed E-state index contributed by atoms with van der Waals surface area (Å²) in [7, 11) is 1.36. The SMILES string of the molecule is CCc1cccc(-c2cc(N)c(C(=O)OC)s2)c1. The van der Waals surface area contributed by atoms with Gasteiger partial charge in [-0.1, -0.05) is 31.2 Å². The fraction of sp³-hybridized carbons (Fsp3) is 0.214. The van der Waals surface area contributed by atoms with Gasteiger partial charge in [-0.05, 0) is 23.6 Å². The Balaban J connectivity index is 2.42. The van der Waals surface area contributed by atoms with Crippen molar-refractivity contribution in [2.75, 3.05) is 12.8 Å². The average Bonchev–Trinajstić information content (AvgIpc) is 2.80. The Morgan fingerprint density at radius 3 is 2.83 bits per heavy atom. The molecule has 0 aliphatic rings. The van der Waals surface area contributed by atoms with Crippen LogP contribution >= 0.6 is 11.3 Å². The summed E-state index contributed by atoms with van der Waals surface area (Å²) in [5.41, 5.74) is 8.66. The molecule has 0 fully saturated rings. The molecule has 0 atom stereocenters. The number of rotatable bonds is 3. The molecule has 2 aromatic rings. The van der Waals surface area contributed by atoms with Gasteiger partial charge in [0.25, 0.3) is 0 Å². The van der Waals surface area contributed by atoms with Crippen molar-refractivity contribution in [1.29, 1.82) is 0 Å². The van der Waals surface area contributed by atoms with Crippen LogP contribution in [0.2, 0.25) is 0 Å². The predicted molar refractivity (Wildman–Crippen MR) is 74.9 cm³/mol. The molecule has 0 saturated carbocycles. The summed E-state index contributed by atoms with van der Waals surface area (Å²) in [5, 5.41) is 0. The molecular weight excluding hydrogens is 246 g/mol. The Hall–Kier alpha value is -1.81. The molecule has 4 heteroatoms. The van der Waals surface area contributed by atoms with Gasteiger partial charge in [0, 0.05) is 4.88 Å². The van der Waals surface area contributed by atoms with E-state index >= 15 is 0 Å². The summed E-state index contributed by atoms with van der Waals surface area (Å²) in [5.74, 6) is -0.379. The number of anilines is 1. The Bertz CT molecular complexity index is 575. The minimum absolute atomic E-state index is 0.379. The van der Waals surface area contributed by atoms with Crippen molar-refractivity contribution in [3.8, 4) is 10.4 Å². The minimum atomic E-state index is -0.379. The van der Waals surface area contributed by atoms with Crippen molar-refractivity contribution < 1.29 is 9.53 Å². The fourth-order valence-corrected chi connectivity index (χ4v) is 2.74. The molecule has 0 spiro atoms. The van der Waals surface area contributed by atoms with Crippen molar-refractivity contribution in [3.05, 3.63) is 40.8 Å². The molecular formula is C14H15NO2S. The van der Waals surface area contributed by atoms with Crippen molar-refractivity contribution in [2.45, 2.75) is 13.3 Å². The molecule has 0 radical (unpaired) electrons.